The number of ether oxygens (including phenoxy) is 1. The number of nitrogens with zero attached hydrogens (tertiary/aromatic N) is 1. The van der Waals surface area contributed by atoms with Gasteiger partial charge in [0.05, 0.1) is 17.6 Å². The van der Waals surface area contributed by atoms with Crippen molar-refractivity contribution in [1.82, 2.24) is 5.32 Å². The van der Waals surface area contributed by atoms with E-state index in [9.17, 15) is 18.5 Å². The first-order valence-electron chi connectivity index (χ1n) is 9.30. The lowest BCUT2D eigenvalue weighted by atomic mass is 10.1. The topological polar surface area (TPSA) is 122 Å². The molecule has 7 nitrogen and oxygen atoms in total. The van der Waals surface area contributed by atoms with E-state index in [0.717, 1.165) is 16.7 Å². The highest BCUT2D eigenvalue weighted by Crippen LogP contribution is 2.26. The number of sulfonamides is 1. The van der Waals surface area contributed by atoms with Crippen LogP contribution in [0.3, 0.4) is 0 Å². The second-order valence-electron chi connectivity index (χ2n) is 6.92. The van der Waals surface area contributed by atoms with Crippen LogP contribution in [0.15, 0.2) is 41.3 Å². The van der Waals surface area contributed by atoms with Crippen LogP contribution in [0.5, 0.6) is 5.75 Å². The molecule has 2 aromatic rings. The first-order chi connectivity index (χ1) is 14.1. The summed E-state index contributed by atoms with van der Waals surface area (Å²) in [6.07, 6.45) is 0.751. The Morgan fingerprint density at radius 2 is 1.83 bits per heavy atom. The molecule has 0 spiro atoms. The SMILES string of the molecule is Cc1cc(OCCC(C#N)C(=O)NCCc2ccc(S(N)(=O)=O)cc2)cc(C)c1Cl. The van der Waals surface area contributed by atoms with E-state index in [1.807, 2.05) is 32.0 Å². The number of carbonyl (C=O) groups is 1. The number of halogens is 1. The number of nitriles is 1. The Morgan fingerprint density at radius 1 is 1.23 bits per heavy atom. The van der Waals surface area contributed by atoms with E-state index in [4.69, 9.17) is 21.5 Å². The van der Waals surface area contributed by atoms with Crippen molar-refractivity contribution in [2.45, 2.75) is 31.6 Å². The van der Waals surface area contributed by atoms with Crippen molar-refractivity contribution in [3.63, 3.8) is 0 Å². The van der Waals surface area contributed by atoms with E-state index in [1.54, 1.807) is 12.1 Å². The molecule has 0 bridgehead atoms. The highest BCUT2D eigenvalue weighted by Gasteiger charge is 2.17. The summed E-state index contributed by atoms with van der Waals surface area (Å²) in [5.41, 5.74) is 2.64. The van der Waals surface area contributed by atoms with Crippen molar-refractivity contribution < 1.29 is 17.9 Å². The van der Waals surface area contributed by atoms with Crippen molar-refractivity contribution in [3.8, 4) is 11.8 Å². The van der Waals surface area contributed by atoms with Gasteiger partial charge in [0.2, 0.25) is 15.9 Å². The first-order valence-corrected chi connectivity index (χ1v) is 11.2. The van der Waals surface area contributed by atoms with Crippen LogP contribution in [0, 0.1) is 31.1 Å². The average molecular weight is 450 g/mol. The summed E-state index contributed by atoms with van der Waals surface area (Å²) in [5.74, 6) is -0.551. The summed E-state index contributed by atoms with van der Waals surface area (Å²) >= 11 is 6.13. The maximum absolute atomic E-state index is 12.2. The quantitative estimate of drug-likeness (QED) is 0.609. The van der Waals surface area contributed by atoms with E-state index < -0.39 is 15.9 Å². The highest BCUT2D eigenvalue weighted by molar-refractivity contribution is 7.89. The maximum Gasteiger partial charge on any atom is 0.238 e. The number of primary sulfonamides is 1. The molecular formula is C21H24ClN3O4S. The van der Waals surface area contributed by atoms with Crippen molar-refractivity contribution in [1.29, 1.82) is 5.26 Å². The van der Waals surface area contributed by atoms with Crippen molar-refractivity contribution in [2.75, 3.05) is 13.2 Å². The average Bonchev–Trinajstić information content (AvgIpc) is 2.69. The number of rotatable bonds is 9. The summed E-state index contributed by atoms with van der Waals surface area (Å²) < 4.78 is 28.2. The second kappa shape index (κ2) is 10.4. The van der Waals surface area contributed by atoms with Crippen molar-refractivity contribution in [2.24, 2.45) is 11.1 Å². The summed E-state index contributed by atoms with van der Waals surface area (Å²) in [4.78, 5) is 12.3. The second-order valence-corrected chi connectivity index (χ2v) is 8.86. The number of aryl methyl sites for hydroxylation is 2. The number of amides is 1. The molecule has 0 fully saturated rings. The van der Waals surface area contributed by atoms with Crippen LogP contribution in [-0.4, -0.2) is 27.5 Å². The van der Waals surface area contributed by atoms with Gasteiger partial charge >= 0.3 is 0 Å². The molecule has 0 heterocycles. The largest absolute Gasteiger partial charge is 0.494 e. The number of carbonyl (C=O) groups excluding carboxylic acids is 1. The number of hydrogen-bond donors (Lipinski definition) is 2. The van der Waals surface area contributed by atoms with Gasteiger partial charge in [-0.15, -0.1) is 0 Å². The minimum atomic E-state index is -3.73. The molecule has 0 saturated heterocycles. The van der Waals surface area contributed by atoms with Gasteiger partial charge in [-0.3, -0.25) is 4.79 Å². The fourth-order valence-electron chi connectivity index (χ4n) is 2.84. The third-order valence-electron chi connectivity index (χ3n) is 4.52. The number of nitrogens with two attached hydrogens (primary N) is 1. The third kappa shape index (κ3) is 6.73. The van der Waals surface area contributed by atoms with E-state index in [2.05, 4.69) is 5.32 Å². The molecule has 0 radical (unpaired) electrons. The molecule has 0 aliphatic heterocycles. The molecule has 9 heteroatoms. The lowest BCUT2D eigenvalue weighted by Crippen LogP contribution is -2.32. The van der Waals surface area contributed by atoms with Gasteiger partial charge < -0.3 is 10.1 Å². The molecule has 1 unspecified atom stereocenters. The predicted octanol–water partition coefficient (Wildman–Crippen LogP) is 2.87. The summed E-state index contributed by atoms with van der Waals surface area (Å²) in [6.45, 7) is 4.32. The molecule has 1 atom stereocenters. The zero-order valence-corrected chi connectivity index (χ0v) is 18.4. The summed E-state index contributed by atoms with van der Waals surface area (Å²) in [7, 11) is -3.73. The number of benzene rings is 2. The Hall–Kier alpha value is -2.60. The monoisotopic (exact) mass is 449 g/mol. The maximum atomic E-state index is 12.2. The zero-order chi connectivity index (χ0) is 22.3. The van der Waals surface area contributed by atoms with Gasteiger partial charge in [0.25, 0.3) is 0 Å². The van der Waals surface area contributed by atoms with E-state index in [1.165, 1.54) is 12.1 Å². The molecule has 2 aromatic carbocycles. The van der Waals surface area contributed by atoms with Crippen LogP contribution < -0.4 is 15.2 Å². The van der Waals surface area contributed by atoms with Crippen LogP contribution in [0.1, 0.15) is 23.1 Å². The molecule has 0 aliphatic rings. The Kier molecular flexibility index (Phi) is 8.24. The Balaban J connectivity index is 1.80. The Morgan fingerprint density at radius 3 is 2.37 bits per heavy atom. The first kappa shape index (κ1) is 23.7. The van der Waals surface area contributed by atoms with Gasteiger partial charge in [-0.1, -0.05) is 23.7 Å². The minimum absolute atomic E-state index is 0.0332. The molecule has 160 valence electrons. The van der Waals surface area contributed by atoms with Crippen LogP contribution in [0.4, 0.5) is 0 Å². The van der Waals surface area contributed by atoms with Gasteiger partial charge in [-0.2, -0.15) is 5.26 Å². The van der Waals surface area contributed by atoms with Crippen molar-refractivity contribution in [3.05, 3.63) is 58.1 Å². The van der Waals surface area contributed by atoms with Crippen molar-refractivity contribution >= 4 is 27.5 Å². The molecule has 30 heavy (non-hydrogen) atoms. The predicted molar refractivity (Wildman–Crippen MR) is 115 cm³/mol. The standard InChI is InChI=1S/C21H24ClN3O4S/c1-14-11-18(12-15(2)20(14)22)29-10-8-17(13-23)21(26)25-9-7-16-3-5-19(6-4-16)30(24,27)28/h3-6,11-12,17H,7-10H2,1-2H3,(H,25,26)(H2,24,27,28). The van der Waals surface area contributed by atoms with Gasteiger partial charge in [0.1, 0.15) is 11.7 Å². The molecule has 0 saturated carbocycles. The molecule has 0 aliphatic carbocycles. The van der Waals surface area contributed by atoms with E-state index in [0.29, 0.717) is 23.7 Å². The fraction of sp³-hybridized carbons (Fsp3) is 0.333. The normalized spacial score (nSPS) is 12.1. The molecule has 2 rings (SSSR count). The molecular weight excluding hydrogens is 426 g/mol. The van der Waals surface area contributed by atoms with Crippen LogP contribution in [0.2, 0.25) is 5.02 Å². The Bertz CT molecular complexity index is 1020. The van der Waals surface area contributed by atoms with Gasteiger partial charge in [-0.25, -0.2) is 13.6 Å². The van der Waals surface area contributed by atoms with Crippen LogP contribution in [0.25, 0.3) is 0 Å². The molecule has 1 amide bonds. The lowest BCUT2D eigenvalue weighted by molar-refractivity contribution is -0.123. The van der Waals surface area contributed by atoms with E-state index in [-0.39, 0.29) is 23.8 Å². The Labute approximate surface area is 181 Å². The smallest absolute Gasteiger partial charge is 0.238 e. The van der Waals surface area contributed by atoms with E-state index >= 15 is 0 Å². The van der Waals surface area contributed by atoms with Crippen LogP contribution in [-0.2, 0) is 21.2 Å². The zero-order valence-electron chi connectivity index (χ0n) is 16.8. The van der Waals surface area contributed by atoms with Gasteiger partial charge in [0.15, 0.2) is 0 Å². The van der Waals surface area contributed by atoms with Crippen LogP contribution >= 0.6 is 11.6 Å². The molecule has 3 N–H and O–H groups in total. The highest BCUT2D eigenvalue weighted by atomic mass is 35.5. The summed E-state index contributed by atoms with van der Waals surface area (Å²) in [6, 6.07) is 11.7. The minimum Gasteiger partial charge on any atom is -0.494 e. The summed E-state index contributed by atoms with van der Waals surface area (Å²) in [5, 5.41) is 17.8. The number of nitrogens with one attached hydrogen (secondary N) is 1. The van der Waals surface area contributed by atoms with Gasteiger partial charge in [0, 0.05) is 18.0 Å². The van der Waals surface area contributed by atoms with Gasteiger partial charge in [-0.05, 0) is 61.2 Å². The lowest BCUT2D eigenvalue weighted by Gasteiger charge is -2.13. The molecule has 0 aromatic heterocycles. The number of hydrogen-bond acceptors (Lipinski definition) is 5. The fourth-order valence-corrected chi connectivity index (χ4v) is 3.46. The third-order valence-corrected chi connectivity index (χ3v) is 6.05.